The molecule has 1 aromatic rings. The summed E-state index contributed by atoms with van der Waals surface area (Å²) in [5, 5.41) is 2.79. The van der Waals surface area contributed by atoms with Crippen LogP contribution in [0, 0.1) is 0 Å². The van der Waals surface area contributed by atoms with Gasteiger partial charge in [0.25, 0.3) is 5.91 Å². The van der Waals surface area contributed by atoms with Gasteiger partial charge in [0.1, 0.15) is 13.2 Å². The molecule has 27 heavy (non-hydrogen) atoms. The molecule has 1 amide bonds. The number of nitrogens with one attached hydrogen (secondary N) is 2. The second-order valence-corrected chi connectivity index (χ2v) is 8.56. The number of fused-ring (bicyclic) bond motifs is 1. The first-order valence-corrected chi connectivity index (χ1v) is 10.5. The van der Waals surface area contributed by atoms with Crippen LogP contribution in [0.5, 0.6) is 11.5 Å². The van der Waals surface area contributed by atoms with Crippen molar-refractivity contribution in [2.45, 2.75) is 17.9 Å². The molecule has 0 aliphatic carbocycles. The van der Waals surface area contributed by atoms with E-state index in [0.717, 1.165) is 4.90 Å². The first kappa shape index (κ1) is 19.7. The summed E-state index contributed by atoms with van der Waals surface area (Å²) in [6.07, 6.45) is 1.64. The molecule has 0 saturated carbocycles. The molecule has 1 saturated heterocycles. The number of rotatable bonds is 6. The highest BCUT2D eigenvalue weighted by atomic mass is 32.2. The number of ether oxygens (including phenoxy) is 2. The molecule has 0 aromatic heterocycles. The first-order chi connectivity index (χ1) is 12.9. The second-order valence-electron chi connectivity index (χ2n) is 6.62. The lowest BCUT2D eigenvalue weighted by molar-refractivity contribution is -0.917. The third-order valence-corrected chi connectivity index (χ3v) is 6.84. The van der Waals surface area contributed by atoms with Crippen LogP contribution in [0.2, 0.25) is 0 Å². The van der Waals surface area contributed by atoms with Gasteiger partial charge in [0.15, 0.2) is 17.5 Å². The predicted octanol–water partition coefficient (Wildman–Crippen LogP) is -0.962. The normalized spacial score (nSPS) is 19.3. The third kappa shape index (κ3) is 4.26. The minimum atomic E-state index is -3.61. The number of carbonyl (C=O) groups is 1. The number of carbonyl (C=O) groups excluding carboxylic acids is 1. The Balaban J connectivity index is 1.64. The summed E-state index contributed by atoms with van der Waals surface area (Å²) in [5.74, 6) is 0.973. The molecule has 2 aliphatic rings. The maximum atomic E-state index is 13.0. The van der Waals surface area contributed by atoms with Crippen LogP contribution < -0.4 is 19.7 Å². The van der Waals surface area contributed by atoms with Gasteiger partial charge in [0.2, 0.25) is 10.0 Å². The van der Waals surface area contributed by atoms with E-state index in [1.807, 2.05) is 6.92 Å². The van der Waals surface area contributed by atoms with Crippen molar-refractivity contribution < 1.29 is 27.6 Å². The molecule has 2 heterocycles. The van der Waals surface area contributed by atoms with Crippen LogP contribution in [0.4, 0.5) is 0 Å². The van der Waals surface area contributed by atoms with E-state index in [1.165, 1.54) is 10.4 Å². The fraction of sp³-hybridized carbons (Fsp3) is 0.500. The number of quaternary nitrogens is 1. The third-order valence-electron chi connectivity index (χ3n) is 4.94. The van der Waals surface area contributed by atoms with Crippen molar-refractivity contribution in [2.24, 2.45) is 0 Å². The molecule has 9 heteroatoms. The maximum absolute atomic E-state index is 13.0. The van der Waals surface area contributed by atoms with Gasteiger partial charge in [-0.25, -0.2) is 8.42 Å². The van der Waals surface area contributed by atoms with Crippen molar-refractivity contribution in [3.8, 4) is 11.5 Å². The topological polar surface area (TPSA) is 89.4 Å². The van der Waals surface area contributed by atoms with Crippen molar-refractivity contribution in [3.63, 3.8) is 0 Å². The van der Waals surface area contributed by atoms with Gasteiger partial charge in [-0.3, -0.25) is 4.79 Å². The highest BCUT2D eigenvalue weighted by Crippen LogP contribution is 2.33. The molecular weight excluding hydrogens is 370 g/mol. The Labute approximate surface area is 159 Å². The fourth-order valence-corrected chi connectivity index (χ4v) is 4.75. The van der Waals surface area contributed by atoms with E-state index in [4.69, 9.17) is 9.47 Å². The maximum Gasteiger partial charge on any atom is 0.278 e. The number of sulfonamides is 1. The van der Waals surface area contributed by atoms with Gasteiger partial charge in [-0.1, -0.05) is 6.08 Å². The van der Waals surface area contributed by atoms with Crippen LogP contribution in [0.3, 0.4) is 0 Å². The Bertz CT molecular complexity index is 803. The van der Waals surface area contributed by atoms with Gasteiger partial charge in [-0.05, 0) is 19.1 Å². The molecule has 3 rings (SSSR count). The van der Waals surface area contributed by atoms with Crippen LogP contribution in [-0.4, -0.2) is 70.6 Å². The van der Waals surface area contributed by atoms with E-state index in [0.29, 0.717) is 57.4 Å². The Hall–Kier alpha value is -2.10. The summed E-state index contributed by atoms with van der Waals surface area (Å²) in [6.45, 7) is 8.63. The number of piperazine rings is 1. The summed E-state index contributed by atoms with van der Waals surface area (Å²) in [5.41, 5.74) is 0. The summed E-state index contributed by atoms with van der Waals surface area (Å²) < 4.78 is 38.3. The molecule has 0 unspecified atom stereocenters. The van der Waals surface area contributed by atoms with Crippen molar-refractivity contribution in [2.75, 3.05) is 45.9 Å². The van der Waals surface area contributed by atoms with E-state index < -0.39 is 10.0 Å². The van der Waals surface area contributed by atoms with Gasteiger partial charge in [0, 0.05) is 12.6 Å². The Morgan fingerprint density at radius 3 is 2.63 bits per heavy atom. The quantitative estimate of drug-likeness (QED) is 0.605. The van der Waals surface area contributed by atoms with Gasteiger partial charge in [-0.2, -0.15) is 4.31 Å². The van der Waals surface area contributed by atoms with Crippen LogP contribution in [0.25, 0.3) is 0 Å². The minimum Gasteiger partial charge on any atom is -0.486 e. The molecule has 1 fully saturated rings. The van der Waals surface area contributed by atoms with Gasteiger partial charge >= 0.3 is 0 Å². The lowest BCUT2D eigenvalue weighted by atomic mass is 10.2. The number of hydrogen-bond acceptors (Lipinski definition) is 5. The molecule has 1 aromatic carbocycles. The van der Waals surface area contributed by atoms with E-state index in [-0.39, 0.29) is 16.8 Å². The summed E-state index contributed by atoms with van der Waals surface area (Å²) >= 11 is 0. The molecule has 148 valence electrons. The highest BCUT2D eigenvalue weighted by molar-refractivity contribution is 7.89. The number of benzene rings is 1. The Morgan fingerprint density at radius 1 is 1.30 bits per heavy atom. The van der Waals surface area contributed by atoms with Crippen LogP contribution >= 0.6 is 0 Å². The smallest absolute Gasteiger partial charge is 0.278 e. The van der Waals surface area contributed by atoms with E-state index >= 15 is 0 Å². The van der Waals surface area contributed by atoms with Crippen LogP contribution in [0.15, 0.2) is 35.7 Å². The standard InChI is InChI=1S/C18H25N3O5S/c1-3-6-19-18(22)14(2)20-7-9-21(10-8-20)27(23,24)15-4-5-16-17(13-15)26-12-11-25-16/h3-5,13-14H,1,6-12H2,2H3,(H,19,22)/p+1/t14-/m0/s1. The van der Waals surface area contributed by atoms with Gasteiger partial charge in [-0.15, -0.1) is 6.58 Å². The molecule has 0 bridgehead atoms. The highest BCUT2D eigenvalue weighted by Gasteiger charge is 2.34. The summed E-state index contributed by atoms with van der Waals surface area (Å²) in [6, 6.07) is 4.47. The number of amides is 1. The zero-order chi connectivity index (χ0) is 19.4. The SMILES string of the molecule is C=CCNC(=O)[C@H](C)[NH+]1CCN(S(=O)(=O)c2ccc3c(c2)OCCO3)CC1. The number of nitrogens with zero attached hydrogens (tertiary/aromatic N) is 1. The van der Waals surface area contributed by atoms with E-state index in [9.17, 15) is 13.2 Å². The molecule has 1 atom stereocenters. The zero-order valence-electron chi connectivity index (χ0n) is 15.4. The predicted molar refractivity (Wildman–Crippen MR) is 99.6 cm³/mol. The van der Waals surface area contributed by atoms with Crippen molar-refractivity contribution >= 4 is 15.9 Å². The number of hydrogen-bond donors (Lipinski definition) is 2. The zero-order valence-corrected chi connectivity index (χ0v) is 16.3. The molecule has 2 N–H and O–H groups in total. The Kier molecular flexibility index (Phi) is 6.03. The Morgan fingerprint density at radius 2 is 1.96 bits per heavy atom. The largest absolute Gasteiger partial charge is 0.486 e. The van der Waals surface area contributed by atoms with Crippen molar-refractivity contribution in [3.05, 3.63) is 30.9 Å². The van der Waals surface area contributed by atoms with E-state index in [2.05, 4.69) is 11.9 Å². The lowest BCUT2D eigenvalue weighted by Gasteiger charge is -2.34. The molecule has 0 radical (unpaired) electrons. The van der Waals surface area contributed by atoms with Crippen molar-refractivity contribution in [1.29, 1.82) is 0 Å². The molecule has 2 aliphatic heterocycles. The van der Waals surface area contributed by atoms with Crippen LogP contribution in [-0.2, 0) is 14.8 Å². The van der Waals surface area contributed by atoms with Crippen molar-refractivity contribution in [1.82, 2.24) is 9.62 Å². The minimum absolute atomic E-state index is 0.0481. The van der Waals surface area contributed by atoms with Crippen LogP contribution in [0.1, 0.15) is 6.92 Å². The first-order valence-electron chi connectivity index (χ1n) is 9.06. The summed E-state index contributed by atoms with van der Waals surface area (Å²) in [4.78, 5) is 13.4. The molecule has 8 nitrogen and oxygen atoms in total. The fourth-order valence-electron chi connectivity index (χ4n) is 3.29. The monoisotopic (exact) mass is 396 g/mol. The van der Waals surface area contributed by atoms with Gasteiger partial charge in [0.05, 0.1) is 31.1 Å². The summed E-state index contributed by atoms with van der Waals surface area (Å²) in [7, 11) is -3.61. The lowest BCUT2D eigenvalue weighted by Crippen LogP contribution is -3.19. The molecular formula is C18H26N3O5S+. The molecule has 0 spiro atoms. The van der Waals surface area contributed by atoms with Gasteiger partial charge < -0.3 is 19.7 Å². The van der Waals surface area contributed by atoms with E-state index in [1.54, 1.807) is 18.2 Å². The second kappa shape index (κ2) is 8.28. The average Bonchev–Trinajstić information content (AvgIpc) is 2.71. The average molecular weight is 396 g/mol.